The summed E-state index contributed by atoms with van der Waals surface area (Å²) in [6.07, 6.45) is 64.5. The summed E-state index contributed by atoms with van der Waals surface area (Å²) in [5, 5.41) is 0. The fraction of sp³-hybridized carbons (Fsp3) is 0.737. The SMILES string of the molecule is CC/C=C\C/C=C\C/C=C\C/C=C\CCCCC(=O)OC[C@H](COC(=O)CCCCCCCCCCCCCCC)OC(=O)CCCCCCCCC/C=C\C/C=C\CCCCC. The summed E-state index contributed by atoms with van der Waals surface area (Å²) >= 11 is 0. The molecule has 1 atom stereocenters. The van der Waals surface area contributed by atoms with E-state index in [1.165, 1.54) is 116 Å². The Morgan fingerprint density at radius 2 is 0.619 bits per heavy atom. The number of hydrogen-bond acceptors (Lipinski definition) is 6. The molecule has 6 nitrogen and oxygen atoms in total. The van der Waals surface area contributed by atoms with Gasteiger partial charge in [0, 0.05) is 19.3 Å². The topological polar surface area (TPSA) is 78.9 Å². The highest BCUT2D eigenvalue weighted by Crippen LogP contribution is 2.15. The highest BCUT2D eigenvalue weighted by molar-refractivity contribution is 5.71. The van der Waals surface area contributed by atoms with Crippen molar-refractivity contribution in [3.8, 4) is 0 Å². The summed E-state index contributed by atoms with van der Waals surface area (Å²) in [6.45, 7) is 6.46. The molecule has 0 heterocycles. The smallest absolute Gasteiger partial charge is 0.306 e. The lowest BCUT2D eigenvalue weighted by Crippen LogP contribution is -2.30. The number of carbonyl (C=O) groups excluding carboxylic acids is 3. The zero-order chi connectivity index (χ0) is 45.8. The van der Waals surface area contributed by atoms with Crippen LogP contribution in [-0.2, 0) is 28.6 Å². The van der Waals surface area contributed by atoms with Crippen LogP contribution in [0.3, 0.4) is 0 Å². The van der Waals surface area contributed by atoms with Crippen molar-refractivity contribution in [2.45, 2.75) is 258 Å². The van der Waals surface area contributed by atoms with Gasteiger partial charge in [0.1, 0.15) is 13.2 Å². The van der Waals surface area contributed by atoms with Crippen molar-refractivity contribution in [1.29, 1.82) is 0 Å². The third kappa shape index (κ3) is 49.7. The molecular weight excluding hydrogens is 781 g/mol. The fourth-order valence-corrected chi connectivity index (χ4v) is 7.23. The second-order valence-corrected chi connectivity index (χ2v) is 17.4. The van der Waals surface area contributed by atoms with Crippen molar-refractivity contribution in [1.82, 2.24) is 0 Å². The van der Waals surface area contributed by atoms with E-state index >= 15 is 0 Å². The minimum absolute atomic E-state index is 0.0902. The van der Waals surface area contributed by atoms with Crippen LogP contribution in [0.15, 0.2) is 72.9 Å². The Morgan fingerprint density at radius 1 is 0.333 bits per heavy atom. The van der Waals surface area contributed by atoms with Gasteiger partial charge in [-0.05, 0) is 89.9 Å². The predicted molar refractivity (Wildman–Crippen MR) is 270 cm³/mol. The van der Waals surface area contributed by atoms with Crippen LogP contribution in [-0.4, -0.2) is 37.2 Å². The van der Waals surface area contributed by atoms with Gasteiger partial charge in [0.05, 0.1) is 0 Å². The molecule has 0 aliphatic carbocycles. The maximum atomic E-state index is 12.8. The Hall–Kier alpha value is -3.15. The first-order valence-electron chi connectivity index (χ1n) is 26.4. The van der Waals surface area contributed by atoms with E-state index in [0.29, 0.717) is 19.3 Å². The molecular formula is C57H98O6. The monoisotopic (exact) mass is 879 g/mol. The number of ether oxygens (including phenoxy) is 3. The lowest BCUT2D eigenvalue weighted by molar-refractivity contribution is -0.167. The Labute approximate surface area is 389 Å². The van der Waals surface area contributed by atoms with Gasteiger partial charge in [-0.2, -0.15) is 0 Å². The van der Waals surface area contributed by atoms with Gasteiger partial charge in [-0.1, -0.05) is 216 Å². The molecule has 0 aliphatic rings. The highest BCUT2D eigenvalue weighted by atomic mass is 16.6. The van der Waals surface area contributed by atoms with E-state index in [4.69, 9.17) is 14.2 Å². The lowest BCUT2D eigenvalue weighted by atomic mass is 10.0. The number of allylic oxidation sites excluding steroid dienone is 12. The zero-order valence-electron chi connectivity index (χ0n) is 41.3. The van der Waals surface area contributed by atoms with E-state index in [2.05, 4.69) is 93.7 Å². The lowest BCUT2D eigenvalue weighted by Gasteiger charge is -2.18. The van der Waals surface area contributed by atoms with Crippen molar-refractivity contribution in [2.24, 2.45) is 0 Å². The first-order chi connectivity index (χ1) is 31.0. The number of rotatable bonds is 47. The molecule has 0 saturated carbocycles. The van der Waals surface area contributed by atoms with Crippen LogP contribution in [0.2, 0.25) is 0 Å². The summed E-state index contributed by atoms with van der Waals surface area (Å²) in [6, 6.07) is 0. The van der Waals surface area contributed by atoms with E-state index in [9.17, 15) is 14.4 Å². The van der Waals surface area contributed by atoms with Crippen molar-refractivity contribution >= 4 is 17.9 Å². The quantitative estimate of drug-likeness (QED) is 0.0262. The molecule has 0 aromatic carbocycles. The van der Waals surface area contributed by atoms with Gasteiger partial charge in [0.25, 0.3) is 0 Å². The van der Waals surface area contributed by atoms with Crippen LogP contribution >= 0.6 is 0 Å². The molecule has 0 rings (SSSR count). The van der Waals surface area contributed by atoms with E-state index in [1.54, 1.807) is 0 Å². The Kier molecular flexibility index (Phi) is 48.9. The van der Waals surface area contributed by atoms with Crippen LogP contribution in [0.4, 0.5) is 0 Å². The molecule has 0 radical (unpaired) electrons. The van der Waals surface area contributed by atoms with Gasteiger partial charge in [0.2, 0.25) is 0 Å². The maximum Gasteiger partial charge on any atom is 0.306 e. The summed E-state index contributed by atoms with van der Waals surface area (Å²) in [5.74, 6) is -0.937. The van der Waals surface area contributed by atoms with E-state index in [0.717, 1.165) is 96.3 Å². The number of esters is 3. The molecule has 0 aromatic rings. The van der Waals surface area contributed by atoms with Gasteiger partial charge < -0.3 is 14.2 Å². The minimum atomic E-state index is -0.794. The summed E-state index contributed by atoms with van der Waals surface area (Å²) in [7, 11) is 0. The summed E-state index contributed by atoms with van der Waals surface area (Å²) in [5.41, 5.74) is 0. The van der Waals surface area contributed by atoms with E-state index in [-0.39, 0.29) is 31.1 Å². The second-order valence-electron chi connectivity index (χ2n) is 17.4. The van der Waals surface area contributed by atoms with Gasteiger partial charge in [-0.3, -0.25) is 14.4 Å². The number of unbranched alkanes of at least 4 members (excludes halogenated alkanes) is 24. The molecule has 0 unspecified atom stereocenters. The van der Waals surface area contributed by atoms with Crippen molar-refractivity contribution in [3.63, 3.8) is 0 Å². The summed E-state index contributed by atoms with van der Waals surface area (Å²) in [4.78, 5) is 38.0. The van der Waals surface area contributed by atoms with Crippen LogP contribution in [0.25, 0.3) is 0 Å². The van der Waals surface area contributed by atoms with Crippen LogP contribution in [0, 0.1) is 0 Å². The normalized spacial score (nSPS) is 12.6. The summed E-state index contributed by atoms with van der Waals surface area (Å²) < 4.78 is 16.8. The highest BCUT2D eigenvalue weighted by Gasteiger charge is 2.19. The zero-order valence-corrected chi connectivity index (χ0v) is 41.3. The molecule has 0 fully saturated rings. The largest absolute Gasteiger partial charge is 0.462 e. The Morgan fingerprint density at radius 3 is 1.03 bits per heavy atom. The molecule has 63 heavy (non-hydrogen) atoms. The molecule has 0 bridgehead atoms. The van der Waals surface area contributed by atoms with Crippen molar-refractivity contribution < 1.29 is 28.6 Å². The molecule has 362 valence electrons. The second kappa shape index (κ2) is 51.5. The third-order valence-electron chi connectivity index (χ3n) is 11.2. The van der Waals surface area contributed by atoms with Crippen molar-refractivity contribution in [2.75, 3.05) is 13.2 Å². The third-order valence-corrected chi connectivity index (χ3v) is 11.2. The number of hydrogen-bond donors (Lipinski definition) is 0. The first-order valence-corrected chi connectivity index (χ1v) is 26.4. The maximum absolute atomic E-state index is 12.8. The Balaban J connectivity index is 4.45. The van der Waals surface area contributed by atoms with Crippen LogP contribution in [0.5, 0.6) is 0 Å². The minimum Gasteiger partial charge on any atom is -0.462 e. The predicted octanol–water partition coefficient (Wildman–Crippen LogP) is 17.4. The molecule has 0 N–H and O–H groups in total. The van der Waals surface area contributed by atoms with Gasteiger partial charge >= 0.3 is 17.9 Å². The molecule has 0 amide bonds. The molecule has 0 aromatic heterocycles. The molecule has 0 aliphatic heterocycles. The standard InChI is InChI=1S/C57H98O6/c1-4-7-10-13-16-19-22-25-27-28-30-33-36-39-42-45-48-51-57(60)63-54(52-61-55(58)49-46-43-40-37-34-31-24-21-18-15-12-9-6-3)53-62-56(59)50-47-44-41-38-35-32-29-26-23-20-17-14-11-8-5-2/h8,11,16-17,19-20,25-27,29,35,38,54H,4-7,9-10,12-15,18,21-24,28,30-34,36-37,39-53H2,1-3H3/b11-8-,19-16-,20-17-,27-25-,29-26-,38-35-/t54-/m0/s1. The van der Waals surface area contributed by atoms with Crippen LogP contribution in [0.1, 0.15) is 252 Å². The number of carbonyl (C=O) groups is 3. The van der Waals surface area contributed by atoms with Crippen molar-refractivity contribution in [3.05, 3.63) is 72.9 Å². The van der Waals surface area contributed by atoms with Gasteiger partial charge in [-0.25, -0.2) is 0 Å². The fourth-order valence-electron chi connectivity index (χ4n) is 7.23. The van der Waals surface area contributed by atoms with E-state index < -0.39 is 6.10 Å². The van der Waals surface area contributed by atoms with Crippen LogP contribution < -0.4 is 0 Å². The molecule has 0 spiro atoms. The van der Waals surface area contributed by atoms with Gasteiger partial charge in [0.15, 0.2) is 6.10 Å². The van der Waals surface area contributed by atoms with E-state index in [1.807, 2.05) is 0 Å². The molecule has 6 heteroatoms. The molecule has 0 saturated heterocycles. The van der Waals surface area contributed by atoms with Gasteiger partial charge in [-0.15, -0.1) is 0 Å². The average Bonchev–Trinajstić information content (AvgIpc) is 3.28. The average molecular weight is 879 g/mol. The Bertz CT molecular complexity index is 1190. The first kappa shape index (κ1) is 59.9.